The van der Waals surface area contributed by atoms with Crippen LogP contribution in [-0.2, 0) is 6.54 Å². The zero-order valence-corrected chi connectivity index (χ0v) is 16.8. The second-order valence-electron chi connectivity index (χ2n) is 6.89. The Morgan fingerprint density at radius 1 is 1.33 bits per heavy atom. The van der Waals surface area contributed by atoms with Crippen LogP contribution >= 0.6 is 11.3 Å². The van der Waals surface area contributed by atoms with Crippen LogP contribution in [0.1, 0.15) is 39.3 Å². The average Bonchev–Trinajstić information content (AvgIpc) is 3.41. The first-order valence-corrected chi connectivity index (χ1v) is 10.1. The highest BCUT2D eigenvalue weighted by molar-refractivity contribution is 7.10. The third kappa shape index (κ3) is 4.00. The molecule has 4 rings (SSSR count). The second-order valence-corrected chi connectivity index (χ2v) is 7.87. The number of carbonyl (C=O) groups is 1. The van der Waals surface area contributed by atoms with Crippen molar-refractivity contribution >= 4 is 23.1 Å². The number of benzene rings is 1. The van der Waals surface area contributed by atoms with Crippen molar-refractivity contribution in [2.45, 2.75) is 31.2 Å². The Hall–Kier alpha value is -3.01. The van der Waals surface area contributed by atoms with Gasteiger partial charge in [0, 0.05) is 17.8 Å². The molecule has 0 aliphatic carbocycles. The van der Waals surface area contributed by atoms with Crippen molar-refractivity contribution in [2.75, 3.05) is 12.4 Å². The number of thiophene rings is 1. The van der Waals surface area contributed by atoms with E-state index in [1.165, 1.54) is 17.5 Å². The van der Waals surface area contributed by atoms with Crippen molar-refractivity contribution in [3.63, 3.8) is 0 Å². The Kier molecular flexibility index (Phi) is 5.42. The van der Waals surface area contributed by atoms with E-state index in [1.807, 2.05) is 5.38 Å². The van der Waals surface area contributed by atoms with Crippen molar-refractivity contribution < 1.29 is 22.7 Å². The second kappa shape index (κ2) is 8.02. The molecule has 158 valence electrons. The molecule has 1 aromatic carbocycles. The average molecular weight is 436 g/mol. The lowest BCUT2D eigenvalue weighted by Gasteiger charge is -2.33. The minimum Gasteiger partial charge on any atom is -0.497 e. The number of alkyl halides is 3. The highest BCUT2D eigenvalue weighted by atomic mass is 32.1. The number of fused-ring (bicyclic) bond motifs is 1. The van der Waals surface area contributed by atoms with Crippen LogP contribution in [0.3, 0.4) is 0 Å². The summed E-state index contributed by atoms with van der Waals surface area (Å²) in [7, 11) is 1.56. The molecule has 10 heteroatoms. The summed E-state index contributed by atoms with van der Waals surface area (Å²) in [5.74, 6) is 0.277. The van der Waals surface area contributed by atoms with Gasteiger partial charge >= 0.3 is 6.18 Å². The van der Waals surface area contributed by atoms with Crippen LogP contribution < -0.4 is 15.4 Å². The summed E-state index contributed by atoms with van der Waals surface area (Å²) in [6.45, 7) is 0.227. The number of hydrogen-bond donors (Lipinski definition) is 2. The Morgan fingerprint density at radius 3 is 2.73 bits per heavy atom. The van der Waals surface area contributed by atoms with E-state index in [-0.39, 0.29) is 24.3 Å². The molecule has 3 aromatic rings. The van der Waals surface area contributed by atoms with Crippen LogP contribution in [0.15, 0.2) is 48.0 Å². The fraction of sp³-hybridized carbons (Fsp3) is 0.300. The third-order valence-corrected chi connectivity index (χ3v) is 5.97. The molecule has 1 amide bonds. The number of nitrogens with zero attached hydrogens (tertiary/aromatic N) is 2. The quantitative estimate of drug-likeness (QED) is 0.616. The maximum Gasteiger partial charge on any atom is 0.410 e. The molecule has 0 bridgehead atoms. The molecule has 1 aliphatic heterocycles. The van der Waals surface area contributed by atoms with Crippen molar-refractivity contribution in [3.8, 4) is 5.75 Å². The smallest absolute Gasteiger partial charge is 0.410 e. The number of nitrogens with one attached hydrogen (secondary N) is 2. The monoisotopic (exact) mass is 436 g/mol. The summed E-state index contributed by atoms with van der Waals surface area (Å²) < 4.78 is 47.0. The molecule has 6 nitrogen and oxygen atoms in total. The van der Waals surface area contributed by atoms with E-state index in [0.717, 1.165) is 15.1 Å². The molecule has 2 N–H and O–H groups in total. The first kappa shape index (κ1) is 20.3. The minimum absolute atomic E-state index is 0.0780. The zero-order chi connectivity index (χ0) is 21.3. The number of amides is 1. The van der Waals surface area contributed by atoms with Gasteiger partial charge in [-0.2, -0.15) is 18.3 Å². The van der Waals surface area contributed by atoms with Gasteiger partial charge in [0.1, 0.15) is 17.1 Å². The van der Waals surface area contributed by atoms with Crippen LogP contribution in [-0.4, -0.2) is 29.0 Å². The largest absolute Gasteiger partial charge is 0.497 e. The minimum atomic E-state index is -4.48. The fourth-order valence-electron chi connectivity index (χ4n) is 3.43. The molecular formula is C20H19F3N4O2S. The molecule has 1 aliphatic rings. The number of ether oxygens (including phenoxy) is 1. The summed E-state index contributed by atoms with van der Waals surface area (Å²) in [5, 5.41) is 11.5. The molecule has 0 saturated heterocycles. The van der Waals surface area contributed by atoms with E-state index >= 15 is 0 Å². The topological polar surface area (TPSA) is 68.2 Å². The molecule has 0 unspecified atom stereocenters. The lowest BCUT2D eigenvalue weighted by Crippen LogP contribution is -2.36. The van der Waals surface area contributed by atoms with Crippen molar-refractivity contribution in [1.29, 1.82) is 0 Å². The van der Waals surface area contributed by atoms with E-state index in [9.17, 15) is 18.0 Å². The van der Waals surface area contributed by atoms with Gasteiger partial charge in [-0.15, -0.1) is 11.3 Å². The molecule has 2 aromatic heterocycles. The predicted octanol–water partition coefficient (Wildman–Crippen LogP) is 4.54. The molecule has 0 spiro atoms. The van der Waals surface area contributed by atoms with E-state index in [1.54, 1.807) is 43.5 Å². The summed E-state index contributed by atoms with van der Waals surface area (Å²) in [4.78, 5) is 13.5. The molecule has 0 saturated carbocycles. The number of hydrogen-bond acceptors (Lipinski definition) is 5. The van der Waals surface area contributed by atoms with Crippen molar-refractivity contribution in [2.24, 2.45) is 0 Å². The Bertz CT molecular complexity index is 1020. The lowest BCUT2D eigenvalue weighted by atomic mass is 10.0. The van der Waals surface area contributed by atoms with Gasteiger partial charge in [-0.1, -0.05) is 18.2 Å². The van der Waals surface area contributed by atoms with Gasteiger partial charge in [0.15, 0.2) is 6.04 Å². The SMILES string of the molecule is COc1ccc(CNC(=O)c2cnn3c2N[C@@H](c2cccs2)C[C@H]3C(F)(F)F)cc1. The maximum atomic E-state index is 13.7. The van der Waals surface area contributed by atoms with Crippen molar-refractivity contribution in [3.05, 3.63) is 64.0 Å². The molecule has 0 radical (unpaired) electrons. The number of methoxy groups -OCH3 is 1. The van der Waals surface area contributed by atoms with Gasteiger partial charge in [0.2, 0.25) is 0 Å². The summed E-state index contributed by atoms with van der Waals surface area (Å²) in [6.07, 6.45) is -3.48. The Morgan fingerprint density at radius 2 is 2.10 bits per heavy atom. The number of aromatic nitrogens is 2. The standard InChI is InChI=1S/C20H19F3N4O2S/c1-29-13-6-4-12(5-7-13)10-24-19(28)14-11-25-27-17(20(21,22)23)9-15(26-18(14)27)16-3-2-8-30-16/h2-8,11,15,17,26H,9-10H2,1H3,(H,24,28)/t15-,17+/m1/s1. The van der Waals surface area contributed by atoms with Gasteiger partial charge < -0.3 is 15.4 Å². The maximum absolute atomic E-state index is 13.7. The van der Waals surface area contributed by atoms with Crippen LogP contribution in [0.4, 0.5) is 19.0 Å². The molecular weight excluding hydrogens is 417 g/mol. The highest BCUT2D eigenvalue weighted by Gasteiger charge is 2.47. The summed E-state index contributed by atoms with van der Waals surface area (Å²) >= 11 is 1.37. The number of rotatable bonds is 5. The molecule has 30 heavy (non-hydrogen) atoms. The van der Waals surface area contributed by atoms with E-state index in [0.29, 0.717) is 5.75 Å². The molecule has 3 heterocycles. The van der Waals surface area contributed by atoms with Crippen LogP contribution in [0.25, 0.3) is 0 Å². The summed E-state index contributed by atoms with van der Waals surface area (Å²) in [5.41, 5.74) is 0.918. The van der Waals surface area contributed by atoms with E-state index in [2.05, 4.69) is 15.7 Å². The van der Waals surface area contributed by atoms with Gasteiger partial charge in [0.05, 0.1) is 19.3 Å². The van der Waals surface area contributed by atoms with Crippen LogP contribution in [0.2, 0.25) is 0 Å². The fourth-order valence-corrected chi connectivity index (χ4v) is 4.22. The van der Waals surface area contributed by atoms with Crippen LogP contribution in [0, 0.1) is 0 Å². The molecule has 0 fully saturated rings. The van der Waals surface area contributed by atoms with Gasteiger partial charge in [0.25, 0.3) is 5.91 Å². The van der Waals surface area contributed by atoms with Crippen molar-refractivity contribution in [1.82, 2.24) is 15.1 Å². The molecule has 2 atom stereocenters. The van der Waals surface area contributed by atoms with Crippen LogP contribution in [0.5, 0.6) is 5.75 Å². The number of anilines is 1. The van der Waals surface area contributed by atoms with Gasteiger partial charge in [-0.05, 0) is 29.1 Å². The predicted molar refractivity (Wildman–Crippen MR) is 107 cm³/mol. The lowest BCUT2D eigenvalue weighted by molar-refractivity contribution is -0.173. The summed E-state index contributed by atoms with van der Waals surface area (Å²) in [6, 6.07) is 8.37. The normalized spacial score (nSPS) is 18.4. The zero-order valence-electron chi connectivity index (χ0n) is 15.9. The van der Waals surface area contributed by atoms with E-state index < -0.39 is 24.2 Å². The van der Waals surface area contributed by atoms with E-state index in [4.69, 9.17) is 4.74 Å². The Balaban J connectivity index is 1.56. The number of halogens is 3. The van der Waals surface area contributed by atoms with Gasteiger partial charge in [-0.25, -0.2) is 4.68 Å². The van der Waals surface area contributed by atoms with Gasteiger partial charge in [-0.3, -0.25) is 4.79 Å². The Labute approximate surface area is 174 Å². The third-order valence-electron chi connectivity index (χ3n) is 4.98. The number of carbonyl (C=O) groups excluding carboxylic acids is 1. The highest BCUT2D eigenvalue weighted by Crippen LogP contribution is 2.45. The first-order chi connectivity index (χ1) is 14.4. The first-order valence-electron chi connectivity index (χ1n) is 9.22.